The van der Waals surface area contributed by atoms with Crippen LogP contribution in [-0.4, -0.2) is 42.3 Å². The number of rotatable bonds is 5. The summed E-state index contributed by atoms with van der Waals surface area (Å²) in [5, 5.41) is 20.7. The van der Waals surface area contributed by atoms with Crippen LogP contribution in [0.5, 0.6) is 0 Å². The van der Waals surface area contributed by atoms with Crippen LogP contribution in [0.2, 0.25) is 0 Å². The Kier molecular flexibility index (Phi) is 5.73. The average molecular weight is 490 g/mol. The molecule has 2 aliphatic carbocycles. The van der Waals surface area contributed by atoms with E-state index in [1.807, 2.05) is 0 Å². The van der Waals surface area contributed by atoms with Crippen molar-refractivity contribution in [3.63, 3.8) is 0 Å². The number of pyridine rings is 1. The van der Waals surface area contributed by atoms with E-state index in [9.17, 15) is 23.4 Å². The molecule has 35 heavy (non-hydrogen) atoms. The summed E-state index contributed by atoms with van der Waals surface area (Å²) in [6, 6.07) is 1.17. The summed E-state index contributed by atoms with van der Waals surface area (Å²) in [4.78, 5) is 12.6. The molecule has 0 spiro atoms. The number of ether oxygens (including phenoxy) is 1. The van der Waals surface area contributed by atoms with E-state index in [0.29, 0.717) is 11.3 Å². The van der Waals surface area contributed by atoms with Crippen LogP contribution in [0.25, 0.3) is 16.8 Å². The third-order valence-corrected chi connectivity index (χ3v) is 6.35. The molecule has 2 N–H and O–H groups in total. The minimum Gasteiger partial charge on any atom is -0.387 e. The van der Waals surface area contributed by atoms with E-state index in [0.717, 1.165) is 0 Å². The van der Waals surface area contributed by atoms with Crippen LogP contribution >= 0.6 is 0 Å². The molecule has 0 saturated heterocycles. The summed E-state index contributed by atoms with van der Waals surface area (Å²) in [7, 11) is 0. The van der Waals surface area contributed by atoms with Crippen molar-refractivity contribution in [2.75, 3.05) is 0 Å². The fourth-order valence-corrected chi connectivity index (χ4v) is 4.81. The van der Waals surface area contributed by atoms with Crippen molar-refractivity contribution < 1.29 is 32.5 Å². The maximum absolute atomic E-state index is 15.0. The van der Waals surface area contributed by atoms with Crippen LogP contribution in [0, 0.1) is 11.7 Å². The van der Waals surface area contributed by atoms with Gasteiger partial charge in [-0.1, -0.05) is 12.2 Å². The molecule has 4 atom stereocenters. The van der Waals surface area contributed by atoms with E-state index in [4.69, 9.17) is 0 Å². The van der Waals surface area contributed by atoms with Gasteiger partial charge in [-0.2, -0.15) is 8.78 Å². The first-order valence-corrected chi connectivity index (χ1v) is 11.0. The van der Waals surface area contributed by atoms with E-state index < -0.39 is 47.9 Å². The highest BCUT2D eigenvalue weighted by atomic mass is 19.3. The molecule has 0 aliphatic heterocycles. The molecule has 2 unspecified atom stereocenters. The first-order valence-electron chi connectivity index (χ1n) is 11.0. The minimum atomic E-state index is -3.11. The van der Waals surface area contributed by atoms with Gasteiger partial charge >= 0.3 is 6.61 Å². The van der Waals surface area contributed by atoms with Gasteiger partial charge < -0.3 is 19.4 Å². The van der Waals surface area contributed by atoms with E-state index in [1.54, 1.807) is 0 Å². The van der Waals surface area contributed by atoms with E-state index in [1.165, 1.54) is 61.1 Å². The topological polar surface area (TPSA) is 92.8 Å². The standard InChI is InChI=1S/C24H22F4N4O3/c1-24(2,34)22-29-8-11(9-30-22)13-10-32-18(7-15(13)26)31-20-16(33)6-12(21(20)32)19-14(25)4-3-5-17(19)35-23(27)28/h3-5,7-10,12,16-17,19,23,33-34H,6H2,1-2H3/t12-,16-,17?,19?/m0/s1. The van der Waals surface area contributed by atoms with Crippen molar-refractivity contribution in [2.24, 2.45) is 5.92 Å². The van der Waals surface area contributed by atoms with E-state index in [2.05, 4.69) is 19.7 Å². The molecule has 0 radical (unpaired) electrons. The van der Waals surface area contributed by atoms with Crippen LogP contribution in [-0.2, 0) is 10.3 Å². The molecule has 0 amide bonds. The third-order valence-electron chi connectivity index (χ3n) is 6.35. The number of aliphatic hydroxyl groups is 2. The molecule has 0 aromatic carbocycles. The van der Waals surface area contributed by atoms with Gasteiger partial charge in [-0.05, 0) is 26.3 Å². The Bertz CT molecular complexity index is 1330. The predicted molar refractivity (Wildman–Crippen MR) is 116 cm³/mol. The zero-order valence-corrected chi connectivity index (χ0v) is 18.7. The Morgan fingerprint density at radius 3 is 2.57 bits per heavy atom. The van der Waals surface area contributed by atoms with Gasteiger partial charge in [0.1, 0.15) is 22.9 Å². The molecule has 11 heteroatoms. The molecule has 3 heterocycles. The third kappa shape index (κ3) is 4.13. The summed E-state index contributed by atoms with van der Waals surface area (Å²) < 4.78 is 62.2. The number of alkyl halides is 2. The smallest absolute Gasteiger partial charge is 0.345 e. The average Bonchev–Trinajstić information content (AvgIpc) is 3.29. The molecular weight excluding hydrogens is 468 g/mol. The number of fused-ring (bicyclic) bond motifs is 3. The van der Waals surface area contributed by atoms with Gasteiger partial charge in [0.2, 0.25) is 0 Å². The van der Waals surface area contributed by atoms with Crippen molar-refractivity contribution >= 4 is 5.65 Å². The molecule has 7 nitrogen and oxygen atoms in total. The number of nitrogens with zero attached hydrogens (tertiary/aromatic N) is 4. The largest absolute Gasteiger partial charge is 0.387 e. The SMILES string of the molecule is CC(C)(O)c1ncc(-c2cn3c4c(nc3cc2F)[C@@H](O)C[C@H]4C2C(F)=CC=CC2OC(F)F)cn1. The van der Waals surface area contributed by atoms with E-state index >= 15 is 4.39 Å². The molecule has 5 rings (SSSR count). The van der Waals surface area contributed by atoms with Gasteiger partial charge in [0.25, 0.3) is 0 Å². The fourth-order valence-electron chi connectivity index (χ4n) is 4.81. The number of aromatic nitrogens is 4. The van der Waals surface area contributed by atoms with Gasteiger partial charge in [-0.3, -0.25) is 0 Å². The highest BCUT2D eigenvalue weighted by Gasteiger charge is 2.45. The molecule has 3 aromatic heterocycles. The van der Waals surface area contributed by atoms with Crippen molar-refractivity contribution in [3.05, 3.63) is 71.7 Å². The maximum Gasteiger partial charge on any atom is 0.345 e. The Hall–Kier alpha value is -3.15. The summed E-state index contributed by atoms with van der Waals surface area (Å²) in [5.41, 5.74) is -0.0390. The Balaban J connectivity index is 1.61. The molecule has 0 bridgehead atoms. The van der Waals surface area contributed by atoms with Crippen LogP contribution < -0.4 is 0 Å². The highest BCUT2D eigenvalue weighted by Crippen LogP contribution is 2.49. The molecule has 0 fully saturated rings. The second-order valence-electron chi connectivity index (χ2n) is 9.18. The number of imidazole rings is 1. The number of aliphatic hydroxyl groups excluding tert-OH is 1. The molecule has 0 saturated carbocycles. The van der Waals surface area contributed by atoms with E-state index in [-0.39, 0.29) is 29.1 Å². The second kappa shape index (κ2) is 8.51. The maximum atomic E-state index is 15.0. The Morgan fingerprint density at radius 2 is 1.91 bits per heavy atom. The lowest BCUT2D eigenvalue weighted by Gasteiger charge is -2.30. The zero-order chi connectivity index (χ0) is 25.1. The van der Waals surface area contributed by atoms with Crippen molar-refractivity contribution in [1.29, 1.82) is 0 Å². The lowest BCUT2D eigenvalue weighted by molar-refractivity contribution is -0.163. The first kappa shape index (κ1) is 23.6. The van der Waals surface area contributed by atoms with Gasteiger partial charge in [0.05, 0.1) is 23.6 Å². The van der Waals surface area contributed by atoms with Crippen LogP contribution in [0.3, 0.4) is 0 Å². The number of hydrogen-bond donors (Lipinski definition) is 2. The Morgan fingerprint density at radius 1 is 1.20 bits per heavy atom. The van der Waals surface area contributed by atoms with Crippen LogP contribution in [0.1, 0.15) is 49.5 Å². The monoisotopic (exact) mass is 490 g/mol. The molecule has 184 valence electrons. The number of hydrogen-bond acceptors (Lipinski definition) is 6. The van der Waals surface area contributed by atoms with Crippen LogP contribution in [0.15, 0.2) is 48.7 Å². The van der Waals surface area contributed by atoms with Gasteiger partial charge in [-0.25, -0.2) is 23.7 Å². The zero-order valence-electron chi connectivity index (χ0n) is 18.7. The summed E-state index contributed by atoms with van der Waals surface area (Å²) in [6.07, 6.45) is 5.72. The quantitative estimate of drug-likeness (QED) is 0.518. The fraction of sp³-hybridized carbons (Fsp3) is 0.375. The lowest BCUT2D eigenvalue weighted by Crippen LogP contribution is -2.31. The highest BCUT2D eigenvalue weighted by molar-refractivity contribution is 5.65. The molecular formula is C24H22F4N4O3. The summed E-state index contributed by atoms with van der Waals surface area (Å²) in [5.74, 6) is -3.00. The van der Waals surface area contributed by atoms with Crippen molar-refractivity contribution in [3.8, 4) is 11.1 Å². The van der Waals surface area contributed by atoms with Crippen molar-refractivity contribution in [1.82, 2.24) is 19.4 Å². The number of halogens is 4. The minimum absolute atomic E-state index is 0.0412. The first-order chi connectivity index (χ1) is 16.5. The summed E-state index contributed by atoms with van der Waals surface area (Å²) >= 11 is 0. The second-order valence-corrected chi connectivity index (χ2v) is 9.18. The van der Waals surface area contributed by atoms with Gasteiger partial charge in [0.15, 0.2) is 5.82 Å². The Labute approximate surface area is 197 Å². The lowest BCUT2D eigenvalue weighted by atomic mass is 9.82. The van der Waals surface area contributed by atoms with Gasteiger partial charge in [0, 0.05) is 47.6 Å². The summed E-state index contributed by atoms with van der Waals surface area (Å²) in [6.45, 7) is -0.0689. The normalized spacial score (nSPS) is 24.3. The van der Waals surface area contributed by atoms with Crippen molar-refractivity contribution in [2.45, 2.75) is 50.6 Å². The predicted octanol–water partition coefficient (Wildman–Crippen LogP) is 4.33. The molecule has 2 aliphatic rings. The van der Waals surface area contributed by atoms with Gasteiger partial charge in [-0.15, -0.1) is 0 Å². The van der Waals surface area contributed by atoms with Crippen LogP contribution in [0.4, 0.5) is 17.6 Å². The molecule has 3 aromatic rings. The number of allylic oxidation sites excluding steroid dienone is 2.